The van der Waals surface area contributed by atoms with Crippen LogP contribution in [0.5, 0.6) is 0 Å². The Morgan fingerprint density at radius 1 is 1.35 bits per heavy atom. The summed E-state index contributed by atoms with van der Waals surface area (Å²) in [6.07, 6.45) is 4.62. The molecule has 1 aromatic carbocycles. The fraction of sp³-hybridized carbons (Fsp3) is 0.500. The van der Waals surface area contributed by atoms with Crippen molar-refractivity contribution in [2.45, 2.75) is 39.0 Å². The molecule has 0 aliphatic carbocycles. The highest BCUT2D eigenvalue weighted by molar-refractivity contribution is 9.10. The van der Waals surface area contributed by atoms with Crippen molar-refractivity contribution in [3.05, 3.63) is 34.3 Å². The molecule has 1 atom stereocenters. The van der Waals surface area contributed by atoms with Gasteiger partial charge in [-0.05, 0) is 24.5 Å². The van der Waals surface area contributed by atoms with Crippen LogP contribution in [-0.2, 0) is 11.2 Å². The summed E-state index contributed by atoms with van der Waals surface area (Å²) in [7, 11) is 0. The smallest absolute Gasteiger partial charge is 0.306 e. The molecule has 0 radical (unpaired) electrons. The molecule has 1 unspecified atom stereocenters. The maximum atomic E-state index is 11.2. The van der Waals surface area contributed by atoms with Gasteiger partial charge in [-0.15, -0.1) is 0 Å². The van der Waals surface area contributed by atoms with Gasteiger partial charge in [0, 0.05) is 4.47 Å². The Hall–Kier alpha value is -0.830. The van der Waals surface area contributed by atoms with Gasteiger partial charge in [-0.3, -0.25) is 4.79 Å². The van der Waals surface area contributed by atoms with Gasteiger partial charge in [-0.2, -0.15) is 0 Å². The first kappa shape index (κ1) is 14.2. The van der Waals surface area contributed by atoms with Crippen LogP contribution in [0.25, 0.3) is 0 Å². The van der Waals surface area contributed by atoms with Crippen molar-refractivity contribution in [2.75, 3.05) is 0 Å². The average Bonchev–Trinajstić information content (AvgIpc) is 2.30. The lowest BCUT2D eigenvalue weighted by Gasteiger charge is -2.13. The lowest BCUT2D eigenvalue weighted by atomic mass is 9.94. The molecule has 0 spiro atoms. The normalized spacial score (nSPS) is 12.4. The van der Waals surface area contributed by atoms with E-state index in [2.05, 4.69) is 22.9 Å². The van der Waals surface area contributed by atoms with Gasteiger partial charge in [-0.25, -0.2) is 0 Å². The summed E-state index contributed by atoms with van der Waals surface area (Å²) in [4.78, 5) is 11.2. The maximum Gasteiger partial charge on any atom is 0.306 e. The summed E-state index contributed by atoms with van der Waals surface area (Å²) in [6.45, 7) is 2.13. The Kier molecular flexibility index (Phi) is 6.27. The zero-order valence-electron chi connectivity index (χ0n) is 10.2. The van der Waals surface area contributed by atoms with Crippen LogP contribution in [-0.4, -0.2) is 11.1 Å². The predicted octanol–water partition coefficient (Wildman–Crippen LogP) is 4.27. The first-order valence-corrected chi connectivity index (χ1v) is 6.90. The number of carbonyl (C=O) groups is 1. The van der Waals surface area contributed by atoms with Crippen molar-refractivity contribution < 1.29 is 9.90 Å². The van der Waals surface area contributed by atoms with Crippen molar-refractivity contribution in [3.63, 3.8) is 0 Å². The zero-order chi connectivity index (χ0) is 12.7. The van der Waals surface area contributed by atoms with E-state index >= 15 is 0 Å². The second-order valence-corrected chi connectivity index (χ2v) is 5.18. The third-order valence-corrected chi connectivity index (χ3v) is 3.70. The molecule has 3 heteroatoms. The third kappa shape index (κ3) is 4.90. The number of rotatable bonds is 7. The number of hydrogen-bond donors (Lipinski definition) is 1. The molecule has 0 amide bonds. The molecule has 1 rings (SSSR count). The van der Waals surface area contributed by atoms with E-state index in [1.54, 1.807) is 0 Å². The summed E-state index contributed by atoms with van der Waals surface area (Å²) in [5, 5.41) is 9.21. The second kappa shape index (κ2) is 7.49. The van der Waals surface area contributed by atoms with Crippen LogP contribution in [0.4, 0.5) is 0 Å². The number of hydrogen-bond acceptors (Lipinski definition) is 1. The van der Waals surface area contributed by atoms with E-state index in [1.165, 1.54) is 0 Å². The molecule has 0 aliphatic heterocycles. The Balaban J connectivity index is 2.61. The molecule has 1 N–H and O–H groups in total. The van der Waals surface area contributed by atoms with Gasteiger partial charge in [0.05, 0.1) is 5.92 Å². The SMILES string of the molecule is CCCCCC(Cc1ccccc1Br)C(=O)O. The summed E-state index contributed by atoms with van der Waals surface area (Å²) in [6, 6.07) is 7.84. The molecular formula is C14H19BrO2. The van der Waals surface area contributed by atoms with Gasteiger partial charge >= 0.3 is 5.97 Å². The van der Waals surface area contributed by atoms with Crippen LogP contribution < -0.4 is 0 Å². The molecule has 0 bridgehead atoms. The molecule has 0 heterocycles. The van der Waals surface area contributed by atoms with Crippen LogP contribution in [0.3, 0.4) is 0 Å². The van der Waals surface area contributed by atoms with E-state index in [0.717, 1.165) is 35.7 Å². The Morgan fingerprint density at radius 2 is 2.06 bits per heavy atom. The fourth-order valence-corrected chi connectivity index (χ4v) is 2.33. The van der Waals surface area contributed by atoms with Gasteiger partial charge in [0.15, 0.2) is 0 Å². The van der Waals surface area contributed by atoms with Gasteiger partial charge in [0.1, 0.15) is 0 Å². The van der Waals surface area contributed by atoms with Crippen LogP contribution in [0.2, 0.25) is 0 Å². The molecule has 0 aliphatic rings. The molecule has 2 nitrogen and oxygen atoms in total. The quantitative estimate of drug-likeness (QED) is 0.763. The second-order valence-electron chi connectivity index (χ2n) is 4.33. The summed E-state index contributed by atoms with van der Waals surface area (Å²) in [5.74, 6) is -0.947. The highest BCUT2D eigenvalue weighted by atomic mass is 79.9. The number of carboxylic acids is 1. The minimum Gasteiger partial charge on any atom is -0.481 e. The first-order valence-electron chi connectivity index (χ1n) is 6.11. The first-order chi connectivity index (χ1) is 8.15. The number of unbranched alkanes of at least 4 members (excludes halogenated alkanes) is 2. The van der Waals surface area contributed by atoms with Gasteiger partial charge in [-0.1, -0.05) is 60.3 Å². The van der Waals surface area contributed by atoms with E-state index in [1.807, 2.05) is 24.3 Å². The summed E-state index contributed by atoms with van der Waals surface area (Å²) < 4.78 is 1.00. The van der Waals surface area contributed by atoms with E-state index in [0.29, 0.717) is 6.42 Å². The number of aliphatic carboxylic acids is 1. The Labute approximate surface area is 111 Å². The Morgan fingerprint density at radius 3 is 2.65 bits per heavy atom. The highest BCUT2D eigenvalue weighted by Gasteiger charge is 2.18. The highest BCUT2D eigenvalue weighted by Crippen LogP contribution is 2.22. The predicted molar refractivity (Wildman–Crippen MR) is 73.1 cm³/mol. The lowest BCUT2D eigenvalue weighted by molar-refractivity contribution is -0.142. The van der Waals surface area contributed by atoms with E-state index < -0.39 is 5.97 Å². The van der Waals surface area contributed by atoms with Crippen LogP contribution in [0.15, 0.2) is 28.7 Å². The van der Waals surface area contributed by atoms with Crippen molar-refractivity contribution in [1.82, 2.24) is 0 Å². The molecule has 0 aromatic heterocycles. The molecular weight excluding hydrogens is 280 g/mol. The minimum atomic E-state index is -0.683. The van der Waals surface area contributed by atoms with Crippen LogP contribution >= 0.6 is 15.9 Å². The molecule has 94 valence electrons. The zero-order valence-corrected chi connectivity index (χ0v) is 11.7. The van der Waals surface area contributed by atoms with E-state index in [-0.39, 0.29) is 5.92 Å². The average molecular weight is 299 g/mol. The largest absolute Gasteiger partial charge is 0.481 e. The number of halogens is 1. The van der Waals surface area contributed by atoms with Gasteiger partial charge in [0.25, 0.3) is 0 Å². The minimum absolute atomic E-state index is 0.264. The number of carboxylic acid groups (broad SMARTS) is 1. The van der Waals surface area contributed by atoms with E-state index in [9.17, 15) is 9.90 Å². The number of benzene rings is 1. The summed E-state index contributed by atoms with van der Waals surface area (Å²) in [5.41, 5.74) is 1.08. The van der Waals surface area contributed by atoms with Gasteiger partial charge < -0.3 is 5.11 Å². The molecule has 1 aromatic rings. The molecule has 0 fully saturated rings. The molecule has 17 heavy (non-hydrogen) atoms. The van der Waals surface area contributed by atoms with E-state index in [4.69, 9.17) is 0 Å². The molecule has 0 saturated carbocycles. The maximum absolute atomic E-state index is 11.2. The lowest BCUT2D eigenvalue weighted by Crippen LogP contribution is -2.16. The molecule has 0 saturated heterocycles. The fourth-order valence-electron chi connectivity index (χ4n) is 1.88. The van der Waals surface area contributed by atoms with Crippen LogP contribution in [0.1, 0.15) is 38.2 Å². The monoisotopic (exact) mass is 298 g/mol. The van der Waals surface area contributed by atoms with Crippen molar-refractivity contribution in [2.24, 2.45) is 5.92 Å². The summed E-state index contributed by atoms with van der Waals surface area (Å²) >= 11 is 3.46. The van der Waals surface area contributed by atoms with Crippen molar-refractivity contribution >= 4 is 21.9 Å². The van der Waals surface area contributed by atoms with Gasteiger partial charge in [0.2, 0.25) is 0 Å². The topological polar surface area (TPSA) is 37.3 Å². The standard InChI is InChI=1S/C14H19BrO2/c1-2-3-4-8-12(14(16)17)10-11-7-5-6-9-13(11)15/h5-7,9,12H,2-4,8,10H2,1H3,(H,16,17). The van der Waals surface area contributed by atoms with Crippen LogP contribution in [0, 0.1) is 5.92 Å². The Bertz CT molecular complexity index is 363. The third-order valence-electron chi connectivity index (χ3n) is 2.93. The van der Waals surface area contributed by atoms with Crippen molar-refractivity contribution in [1.29, 1.82) is 0 Å². The van der Waals surface area contributed by atoms with Crippen molar-refractivity contribution in [3.8, 4) is 0 Å².